The molecule has 0 heterocycles. The SMILES string of the molecule is CSCCCCCNCc1cc(F)ccc1O. The van der Waals surface area contributed by atoms with Crippen LogP contribution in [0.15, 0.2) is 18.2 Å². The summed E-state index contributed by atoms with van der Waals surface area (Å²) >= 11 is 1.87. The number of rotatable bonds is 8. The summed E-state index contributed by atoms with van der Waals surface area (Å²) < 4.78 is 12.9. The van der Waals surface area contributed by atoms with E-state index >= 15 is 0 Å². The quantitative estimate of drug-likeness (QED) is 0.702. The fourth-order valence-electron chi connectivity index (χ4n) is 1.59. The molecular weight excluding hydrogens is 237 g/mol. The highest BCUT2D eigenvalue weighted by Gasteiger charge is 2.01. The van der Waals surface area contributed by atoms with E-state index < -0.39 is 0 Å². The van der Waals surface area contributed by atoms with Gasteiger partial charge >= 0.3 is 0 Å². The minimum absolute atomic E-state index is 0.154. The van der Waals surface area contributed by atoms with Gasteiger partial charge in [-0.3, -0.25) is 0 Å². The van der Waals surface area contributed by atoms with Crippen LogP contribution in [0.1, 0.15) is 24.8 Å². The van der Waals surface area contributed by atoms with Crippen molar-refractivity contribution in [2.75, 3.05) is 18.6 Å². The summed E-state index contributed by atoms with van der Waals surface area (Å²) in [4.78, 5) is 0. The highest BCUT2D eigenvalue weighted by atomic mass is 32.2. The maximum absolute atomic E-state index is 12.9. The maximum atomic E-state index is 12.9. The van der Waals surface area contributed by atoms with Crippen molar-refractivity contribution in [3.8, 4) is 5.75 Å². The summed E-state index contributed by atoms with van der Waals surface area (Å²) in [5.41, 5.74) is 0.620. The van der Waals surface area contributed by atoms with Crippen molar-refractivity contribution in [3.63, 3.8) is 0 Å². The Hall–Kier alpha value is -0.740. The summed E-state index contributed by atoms with van der Waals surface area (Å²) in [5, 5.41) is 12.7. The first kappa shape index (κ1) is 14.3. The first-order valence-corrected chi connectivity index (χ1v) is 7.30. The molecule has 1 aromatic carbocycles. The molecule has 1 rings (SSSR count). The molecule has 0 aliphatic carbocycles. The van der Waals surface area contributed by atoms with E-state index in [2.05, 4.69) is 11.6 Å². The first-order valence-electron chi connectivity index (χ1n) is 5.91. The molecule has 1 aromatic rings. The standard InChI is InChI=1S/C13H20FNOS/c1-17-8-4-2-3-7-15-10-11-9-12(14)5-6-13(11)16/h5-6,9,15-16H,2-4,7-8,10H2,1H3. The van der Waals surface area contributed by atoms with Gasteiger partial charge in [0.15, 0.2) is 0 Å². The van der Waals surface area contributed by atoms with E-state index in [0.717, 1.165) is 13.0 Å². The number of halogens is 1. The van der Waals surface area contributed by atoms with Crippen molar-refractivity contribution < 1.29 is 9.50 Å². The van der Waals surface area contributed by atoms with Gasteiger partial charge < -0.3 is 10.4 Å². The molecule has 0 spiro atoms. The lowest BCUT2D eigenvalue weighted by molar-refractivity contribution is 0.461. The number of hydrogen-bond acceptors (Lipinski definition) is 3. The molecule has 0 saturated carbocycles. The van der Waals surface area contributed by atoms with E-state index in [4.69, 9.17) is 0 Å². The molecule has 0 aromatic heterocycles. The highest BCUT2D eigenvalue weighted by molar-refractivity contribution is 7.98. The number of hydrogen-bond donors (Lipinski definition) is 2. The van der Waals surface area contributed by atoms with Crippen LogP contribution in [-0.2, 0) is 6.54 Å². The van der Waals surface area contributed by atoms with Gasteiger partial charge in [0, 0.05) is 12.1 Å². The van der Waals surface area contributed by atoms with E-state index in [0.29, 0.717) is 12.1 Å². The normalized spacial score (nSPS) is 10.7. The number of unbranched alkanes of at least 4 members (excludes halogenated alkanes) is 2. The van der Waals surface area contributed by atoms with Gasteiger partial charge in [0.25, 0.3) is 0 Å². The van der Waals surface area contributed by atoms with Gasteiger partial charge in [-0.05, 0) is 49.6 Å². The van der Waals surface area contributed by atoms with E-state index in [1.165, 1.54) is 36.8 Å². The minimum Gasteiger partial charge on any atom is -0.508 e. The molecule has 2 N–H and O–H groups in total. The highest BCUT2D eigenvalue weighted by Crippen LogP contribution is 2.17. The summed E-state index contributed by atoms with van der Waals surface area (Å²) in [5.74, 6) is 1.06. The Kier molecular flexibility index (Phi) is 7.05. The van der Waals surface area contributed by atoms with Crippen LogP contribution in [0.25, 0.3) is 0 Å². The van der Waals surface area contributed by atoms with Gasteiger partial charge in [-0.15, -0.1) is 0 Å². The average molecular weight is 257 g/mol. The van der Waals surface area contributed by atoms with Crippen LogP contribution in [0.2, 0.25) is 0 Å². The third kappa shape index (κ3) is 5.94. The smallest absolute Gasteiger partial charge is 0.123 e. The average Bonchev–Trinajstić information content (AvgIpc) is 2.32. The van der Waals surface area contributed by atoms with Gasteiger partial charge in [0.05, 0.1) is 0 Å². The van der Waals surface area contributed by atoms with Gasteiger partial charge in [0.2, 0.25) is 0 Å². The van der Waals surface area contributed by atoms with E-state index in [9.17, 15) is 9.50 Å². The monoisotopic (exact) mass is 257 g/mol. The second kappa shape index (κ2) is 8.37. The third-order valence-electron chi connectivity index (χ3n) is 2.56. The summed E-state index contributed by atoms with van der Waals surface area (Å²) in [7, 11) is 0. The zero-order valence-electron chi connectivity index (χ0n) is 10.2. The van der Waals surface area contributed by atoms with Crippen molar-refractivity contribution >= 4 is 11.8 Å². The van der Waals surface area contributed by atoms with E-state index in [1.807, 2.05) is 11.8 Å². The lowest BCUT2D eigenvalue weighted by Gasteiger charge is -2.06. The molecule has 2 nitrogen and oxygen atoms in total. The van der Waals surface area contributed by atoms with Crippen LogP contribution in [0.3, 0.4) is 0 Å². The molecule has 0 radical (unpaired) electrons. The Morgan fingerprint density at radius 2 is 2.12 bits per heavy atom. The number of phenols is 1. The van der Waals surface area contributed by atoms with Crippen molar-refractivity contribution in [3.05, 3.63) is 29.6 Å². The molecule has 4 heteroatoms. The molecule has 0 aliphatic rings. The van der Waals surface area contributed by atoms with Gasteiger partial charge in [-0.25, -0.2) is 4.39 Å². The van der Waals surface area contributed by atoms with Gasteiger partial charge in [-0.1, -0.05) is 6.42 Å². The lowest BCUT2D eigenvalue weighted by atomic mass is 10.2. The summed E-state index contributed by atoms with van der Waals surface area (Å²) in [6.45, 7) is 1.43. The Morgan fingerprint density at radius 3 is 2.88 bits per heavy atom. The molecule has 0 atom stereocenters. The largest absolute Gasteiger partial charge is 0.508 e. The topological polar surface area (TPSA) is 32.3 Å². The van der Waals surface area contributed by atoms with Crippen LogP contribution in [0, 0.1) is 5.82 Å². The van der Waals surface area contributed by atoms with Gasteiger partial charge in [-0.2, -0.15) is 11.8 Å². The Labute approximate surface area is 107 Å². The van der Waals surface area contributed by atoms with Crippen LogP contribution in [0.4, 0.5) is 4.39 Å². The van der Waals surface area contributed by atoms with Crippen LogP contribution in [-0.4, -0.2) is 23.7 Å². The molecule has 0 unspecified atom stereocenters. The van der Waals surface area contributed by atoms with Crippen molar-refractivity contribution in [2.24, 2.45) is 0 Å². The third-order valence-corrected chi connectivity index (χ3v) is 3.26. The van der Waals surface area contributed by atoms with Crippen molar-refractivity contribution in [1.82, 2.24) is 5.32 Å². The number of nitrogens with one attached hydrogen (secondary N) is 1. The number of phenolic OH excluding ortho intramolecular Hbond substituents is 1. The van der Waals surface area contributed by atoms with Crippen molar-refractivity contribution in [1.29, 1.82) is 0 Å². The summed E-state index contributed by atoms with van der Waals surface area (Å²) in [6, 6.07) is 4.03. The second-order valence-electron chi connectivity index (χ2n) is 4.00. The van der Waals surface area contributed by atoms with Crippen molar-refractivity contribution in [2.45, 2.75) is 25.8 Å². The van der Waals surface area contributed by atoms with E-state index in [1.54, 1.807) is 0 Å². The fraction of sp³-hybridized carbons (Fsp3) is 0.538. The maximum Gasteiger partial charge on any atom is 0.123 e. The molecule has 0 amide bonds. The molecule has 17 heavy (non-hydrogen) atoms. The number of aromatic hydroxyl groups is 1. The minimum atomic E-state index is -0.306. The predicted molar refractivity (Wildman–Crippen MR) is 72.0 cm³/mol. The Bertz CT molecular complexity index is 333. The summed E-state index contributed by atoms with van der Waals surface area (Å²) in [6.07, 6.45) is 5.69. The predicted octanol–water partition coefficient (Wildman–Crippen LogP) is 3.15. The molecule has 0 aliphatic heterocycles. The first-order chi connectivity index (χ1) is 8.24. The lowest BCUT2D eigenvalue weighted by Crippen LogP contribution is -2.14. The zero-order chi connectivity index (χ0) is 12.5. The molecule has 96 valence electrons. The van der Waals surface area contributed by atoms with Gasteiger partial charge in [0.1, 0.15) is 11.6 Å². The zero-order valence-corrected chi connectivity index (χ0v) is 11.0. The van der Waals surface area contributed by atoms with Crippen LogP contribution < -0.4 is 5.32 Å². The Morgan fingerprint density at radius 1 is 1.29 bits per heavy atom. The Balaban J connectivity index is 2.15. The van der Waals surface area contributed by atoms with Crippen LogP contribution in [0.5, 0.6) is 5.75 Å². The molecular formula is C13H20FNOS. The molecule has 0 bridgehead atoms. The molecule has 0 fully saturated rings. The van der Waals surface area contributed by atoms with E-state index in [-0.39, 0.29) is 11.6 Å². The molecule has 0 saturated heterocycles. The number of thioether (sulfide) groups is 1. The van der Waals surface area contributed by atoms with Crippen LogP contribution >= 0.6 is 11.8 Å². The second-order valence-corrected chi connectivity index (χ2v) is 4.99. The fourth-order valence-corrected chi connectivity index (χ4v) is 2.08. The number of benzene rings is 1.